The lowest BCUT2D eigenvalue weighted by molar-refractivity contribution is 0.0415. The van der Waals surface area contributed by atoms with Gasteiger partial charge in [-0.2, -0.15) is 5.26 Å². The average Bonchev–Trinajstić information content (AvgIpc) is 3.55. The second-order valence-electron chi connectivity index (χ2n) is 8.32. The highest BCUT2D eigenvalue weighted by Gasteiger charge is 2.38. The van der Waals surface area contributed by atoms with Gasteiger partial charge in [-0.15, -0.1) is 5.10 Å². The van der Waals surface area contributed by atoms with Crippen LogP contribution in [0.25, 0.3) is 11.3 Å². The maximum atomic E-state index is 12.9. The predicted octanol–water partition coefficient (Wildman–Crippen LogP) is 2.85. The van der Waals surface area contributed by atoms with E-state index in [1.165, 1.54) is 0 Å². The fourth-order valence-corrected chi connectivity index (χ4v) is 4.54. The molecule has 2 aromatic carbocycles. The van der Waals surface area contributed by atoms with Crippen LogP contribution in [0.2, 0.25) is 0 Å². The molecule has 1 aromatic heterocycles. The van der Waals surface area contributed by atoms with E-state index in [4.69, 9.17) is 29.4 Å². The van der Waals surface area contributed by atoms with Gasteiger partial charge in [0.25, 0.3) is 0 Å². The van der Waals surface area contributed by atoms with Gasteiger partial charge in [-0.1, -0.05) is 18.2 Å². The van der Waals surface area contributed by atoms with Crippen molar-refractivity contribution in [3.05, 3.63) is 65.0 Å². The van der Waals surface area contributed by atoms with E-state index in [0.29, 0.717) is 60.4 Å². The molecular weight excluding hydrogens is 466 g/mol. The van der Waals surface area contributed by atoms with Gasteiger partial charge in [0.15, 0.2) is 11.5 Å². The second-order valence-corrected chi connectivity index (χ2v) is 8.32. The van der Waals surface area contributed by atoms with Gasteiger partial charge in [0.2, 0.25) is 18.6 Å². The van der Waals surface area contributed by atoms with Gasteiger partial charge in [0.1, 0.15) is 17.4 Å². The van der Waals surface area contributed by atoms with Gasteiger partial charge < -0.3 is 34.3 Å². The number of H-pyrrole nitrogens is 1. The standard InChI is InChI=1S/C25H21N5O6/c26-12-16-20(15-3-1-2-4-17(15)35-25(31)30-7-9-32-10-8-30)21-22(28-29-24(21)36-23(16)27)14-5-6-18-19(11-14)34-13-33-18/h1-6,11,20H,7-10,13,27H2,(H,28,29)/t20-/m1/s1. The van der Waals surface area contributed by atoms with E-state index < -0.39 is 12.0 Å². The van der Waals surface area contributed by atoms with Crippen LogP contribution in [-0.2, 0) is 4.74 Å². The number of allylic oxidation sites excluding steroid dienone is 1. The lowest BCUT2D eigenvalue weighted by Crippen LogP contribution is -2.42. The van der Waals surface area contributed by atoms with Gasteiger partial charge in [-0.05, 0) is 24.3 Å². The summed E-state index contributed by atoms with van der Waals surface area (Å²) < 4.78 is 27.8. The number of nitrogens with zero attached hydrogens (tertiary/aromatic N) is 3. The number of carbonyl (C=O) groups is 1. The molecule has 0 radical (unpaired) electrons. The molecular formula is C25H21N5O6. The molecule has 3 N–H and O–H groups in total. The number of carbonyl (C=O) groups excluding carboxylic acids is 1. The van der Waals surface area contributed by atoms with Crippen LogP contribution in [0.5, 0.6) is 23.1 Å². The van der Waals surface area contributed by atoms with Gasteiger partial charge in [-0.3, -0.25) is 5.10 Å². The number of fused-ring (bicyclic) bond motifs is 2. The molecule has 6 rings (SSSR count). The molecule has 3 aliphatic rings. The Hall–Kier alpha value is -4.69. The number of rotatable bonds is 3. The predicted molar refractivity (Wildman–Crippen MR) is 124 cm³/mol. The van der Waals surface area contributed by atoms with Crippen molar-refractivity contribution in [3.8, 4) is 40.5 Å². The number of nitrogens with one attached hydrogen (secondary N) is 1. The van der Waals surface area contributed by atoms with Crippen molar-refractivity contribution in [2.75, 3.05) is 33.1 Å². The van der Waals surface area contributed by atoms with Gasteiger partial charge in [-0.25, -0.2) is 4.79 Å². The number of nitriles is 1. The SMILES string of the molecule is N#CC1=C(N)Oc2n[nH]c(-c3ccc4c(c3)OCO4)c2[C@@H]1c1ccccc1OC(=O)N1CCOCC1. The van der Waals surface area contributed by atoms with E-state index in [1.807, 2.05) is 18.2 Å². The highest BCUT2D eigenvalue weighted by atomic mass is 16.7. The Kier molecular flexibility index (Phi) is 5.35. The summed E-state index contributed by atoms with van der Waals surface area (Å²) in [6.45, 7) is 1.92. The van der Waals surface area contributed by atoms with Gasteiger partial charge in [0.05, 0.1) is 30.4 Å². The van der Waals surface area contributed by atoms with Crippen LogP contribution in [-0.4, -0.2) is 54.3 Å². The fourth-order valence-electron chi connectivity index (χ4n) is 4.54. The minimum absolute atomic E-state index is 0.0620. The molecule has 11 nitrogen and oxygen atoms in total. The van der Waals surface area contributed by atoms with Crippen LogP contribution in [0, 0.1) is 11.3 Å². The van der Waals surface area contributed by atoms with Crippen LogP contribution in [0.15, 0.2) is 53.9 Å². The molecule has 3 aromatic rings. The third-order valence-electron chi connectivity index (χ3n) is 6.30. The number of aromatic amines is 1. The zero-order chi connectivity index (χ0) is 24.6. The Morgan fingerprint density at radius 1 is 1.17 bits per heavy atom. The summed E-state index contributed by atoms with van der Waals surface area (Å²) in [6, 6.07) is 14.7. The molecule has 0 saturated carbocycles. The summed E-state index contributed by atoms with van der Waals surface area (Å²) in [5.41, 5.74) is 8.85. The fraction of sp³-hybridized carbons (Fsp3) is 0.240. The van der Waals surface area contributed by atoms with Crippen molar-refractivity contribution < 1.29 is 28.5 Å². The average molecular weight is 487 g/mol. The summed E-state index contributed by atoms with van der Waals surface area (Å²) in [5, 5.41) is 17.4. The number of para-hydroxylation sites is 1. The highest BCUT2D eigenvalue weighted by molar-refractivity contribution is 5.75. The number of aromatic nitrogens is 2. The van der Waals surface area contributed by atoms with Crippen LogP contribution in [0.3, 0.4) is 0 Å². The first-order chi connectivity index (χ1) is 17.6. The van der Waals surface area contributed by atoms with Crippen LogP contribution in [0.4, 0.5) is 4.79 Å². The van der Waals surface area contributed by atoms with E-state index in [1.54, 1.807) is 29.2 Å². The molecule has 182 valence electrons. The quantitative estimate of drug-likeness (QED) is 0.569. The number of morpholine rings is 1. The summed E-state index contributed by atoms with van der Waals surface area (Å²) in [5.74, 6) is 1.02. The Morgan fingerprint density at radius 2 is 1.97 bits per heavy atom. The number of hydrogen-bond donors (Lipinski definition) is 2. The Labute approximate surface area is 205 Å². The molecule has 1 amide bonds. The number of amides is 1. The van der Waals surface area contributed by atoms with E-state index >= 15 is 0 Å². The van der Waals surface area contributed by atoms with Crippen molar-refractivity contribution in [2.45, 2.75) is 5.92 Å². The summed E-state index contributed by atoms with van der Waals surface area (Å²) >= 11 is 0. The number of nitrogens with two attached hydrogens (primary N) is 1. The molecule has 0 aliphatic carbocycles. The molecule has 0 unspecified atom stereocenters. The molecule has 4 heterocycles. The maximum Gasteiger partial charge on any atom is 0.415 e. The first-order valence-electron chi connectivity index (χ1n) is 11.3. The lowest BCUT2D eigenvalue weighted by Gasteiger charge is -2.28. The normalized spacial score (nSPS) is 18.3. The van der Waals surface area contributed by atoms with Crippen LogP contribution >= 0.6 is 0 Å². The monoisotopic (exact) mass is 487 g/mol. The molecule has 0 bridgehead atoms. The van der Waals surface area contributed by atoms with E-state index in [0.717, 1.165) is 5.56 Å². The summed E-state index contributed by atoms with van der Waals surface area (Å²) in [7, 11) is 0. The Balaban J connectivity index is 1.44. The first-order valence-corrected chi connectivity index (χ1v) is 11.3. The highest BCUT2D eigenvalue weighted by Crippen LogP contribution is 2.48. The number of ether oxygens (including phenoxy) is 5. The molecule has 1 saturated heterocycles. The number of benzene rings is 2. The molecule has 0 spiro atoms. The smallest absolute Gasteiger partial charge is 0.415 e. The molecule has 36 heavy (non-hydrogen) atoms. The zero-order valence-electron chi connectivity index (χ0n) is 19.0. The van der Waals surface area contributed by atoms with Crippen molar-refractivity contribution in [2.24, 2.45) is 5.73 Å². The molecule has 11 heteroatoms. The lowest BCUT2D eigenvalue weighted by atomic mass is 9.82. The van der Waals surface area contributed by atoms with Gasteiger partial charge in [0, 0.05) is 24.2 Å². The van der Waals surface area contributed by atoms with E-state index in [-0.39, 0.29) is 24.1 Å². The van der Waals surface area contributed by atoms with Crippen molar-refractivity contribution >= 4 is 6.09 Å². The van der Waals surface area contributed by atoms with E-state index in [9.17, 15) is 10.1 Å². The molecule has 1 atom stereocenters. The number of hydrogen-bond acceptors (Lipinski definition) is 9. The second kappa shape index (κ2) is 8.83. The Bertz CT molecular complexity index is 1420. The van der Waals surface area contributed by atoms with Crippen LogP contribution in [0.1, 0.15) is 17.0 Å². The van der Waals surface area contributed by atoms with E-state index in [2.05, 4.69) is 16.3 Å². The maximum absolute atomic E-state index is 12.9. The zero-order valence-corrected chi connectivity index (χ0v) is 19.0. The first kappa shape index (κ1) is 21.8. The topological polar surface area (TPSA) is 145 Å². The van der Waals surface area contributed by atoms with Gasteiger partial charge >= 0.3 is 6.09 Å². The molecule has 3 aliphatic heterocycles. The largest absolute Gasteiger partial charge is 0.454 e. The minimum Gasteiger partial charge on any atom is -0.454 e. The third-order valence-corrected chi connectivity index (χ3v) is 6.30. The summed E-state index contributed by atoms with van der Waals surface area (Å²) in [6.07, 6.45) is -0.489. The van der Waals surface area contributed by atoms with Crippen molar-refractivity contribution in [3.63, 3.8) is 0 Å². The van der Waals surface area contributed by atoms with Crippen molar-refractivity contribution in [1.29, 1.82) is 5.26 Å². The third kappa shape index (κ3) is 3.64. The van der Waals surface area contributed by atoms with Crippen LogP contribution < -0.4 is 24.7 Å². The molecule has 1 fully saturated rings. The minimum atomic E-state index is -0.702. The van der Waals surface area contributed by atoms with Crippen molar-refractivity contribution in [1.82, 2.24) is 15.1 Å². The summed E-state index contributed by atoms with van der Waals surface area (Å²) in [4.78, 5) is 14.5. The Morgan fingerprint density at radius 3 is 2.81 bits per heavy atom.